The molecule has 3 nitrogen and oxygen atoms in total. The summed E-state index contributed by atoms with van der Waals surface area (Å²) in [4.78, 5) is 10.8. The summed E-state index contributed by atoms with van der Waals surface area (Å²) in [5.41, 5.74) is 7.29. The highest BCUT2D eigenvalue weighted by Gasteiger charge is 2.32. The number of hydrogen-bond donors (Lipinski definition) is 1. The molecular formula is C26H43NO2. The van der Waals surface area contributed by atoms with Gasteiger partial charge >= 0.3 is 5.97 Å². The van der Waals surface area contributed by atoms with E-state index in [0.717, 1.165) is 30.1 Å². The molecule has 2 fully saturated rings. The smallest absolute Gasteiger partial charge is 0.308 e. The number of ether oxygens (including phenoxy) is 1. The average molecular weight is 402 g/mol. The Balaban J connectivity index is 0.000000230. The first-order valence-electron chi connectivity index (χ1n) is 11.5. The highest BCUT2D eigenvalue weighted by Crippen LogP contribution is 2.44. The maximum absolute atomic E-state index is 10.8. The number of hydrogen-bond acceptors (Lipinski definition) is 3. The zero-order chi connectivity index (χ0) is 21.6. The van der Waals surface area contributed by atoms with Gasteiger partial charge in [-0.05, 0) is 97.8 Å². The van der Waals surface area contributed by atoms with Crippen LogP contribution in [-0.2, 0) is 4.79 Å². The predicted molar refractivity (Wildman–Crippen MR) is 122 cm³/mol. The molecule has 0 aliphatic heterocycles. The van der Waals surface area contributed by atoms with Crippen LogP contribution < -0.4 is 10.5 Å². The van der Waals surface area contributed by atoms with Crippen LogP contribution in [0.1, 0.15) is 91.5 Å². The summed E-state index contributed by atoms with van der Waals surface area (Å²) in [7, 11) is 0. The highest BCUT2D eigenvalue weighted by atomic mass is 16.5. The van der Waals surface area contributed by atoms with Crippen LogP contribution in [0.25, 0.3) is 0 Å². The minimum atomic E-state index is -0.298. The summed E-state index contributed by atoms with van der Waals surface area (Å²) in [6.07, 6.45) is 8.72. The lowest BCUT2D eigenvalue weighted by Crippen LogP contribution is -2.29. The molecule has 0 saturated heterocycles. The summed E-state index contributed by atoms with van der Waals surface area (Å²) in [5, 5.41) is 0. The van der Waals surface area contributed by atoms with Gasteiger partial charge in [-0.25, -0.2) is 0 Å². The van der Waals surface area contributed by atoms with Crippen molar-refractivity contribution in [1.82, 2.24) is 0 Å². The fourth-order valence-electron chi connectivity index (χ4n) is 5.57. The van der Waals surface area contributed by atoms with Crippen molar-refractivity contribution in [3.63, 3.8) is 0 Å². The van der Waals surface area contributed by atoms with Crippen molar-refractivity contribution in [3.8, 4) is 5.75 Å². The maximum Gasteiger partial charge on any atom is 0.308 e. The Kier molecular flexibility index (Phi) is 8.75. The van der Waals surface area contributed by atoms with Crippen molar-refractivity contribution in [1.29, 1.82) is 0 Å². The molecule has 29 heavy (non-hydrogen) atoms. The molecule has 1 atom stereocenters. The van der Waals surface area contributed by atoms with Crippen LogP contribution >= 0.6 is 0 Å². The number of nitrogens with two attached hydrogens (primary N) is 1. The van der Waals surface area contributed by atoms with Crippen molar-refractivity contribution in [2.45, 2.75) is 86.0 Å². The summed E-state index contributed by atoms with van der Waals surface area (Å²) in [6, 6.07) is 7.62. The Bertz CT molecular complexity index is 598. The van der Waals surface area contributed by atoms with Gasteiger partial charge in [0.15, 0.2) is 0 Å². The van der Waals surface area contributed by atoms with Gasteiger partial charge in [0.1, 0.15) is 5.75 Å². The number of carbonyl (C=O) groups is 1. The standard InChI is InChI=1S/C15H23NO2.C11H20/c1-11(17)18-14-7-5-12(6-8-14)13(10-16)9-15(2,3)4;1-8-3-10-5-9(2)6-11(4-8)7-10/h5-8,13H,9-10,16H2,1-4H3;8-11H,3-7H2,1-2H3. The number of esters is 1. The summed E-state index contributed by atoms with van der Waals surface area (Å²) in [5.74, 6) is 4.90. The molecular weight excluding hydrogens is 358 g/mol. The van der Waals surface area contributed by atoms with Crippen molar-refractivity contribution in [2.75, 3.05) is 6.54 Å². The second-order valence-electron chi connectivity index (χ2n) is 11.0. The predicted octanol–water partition coefficient (Wildman–Crippen LogP) is 6.56. The highest BCUT2D eigenvalue weighted by molar-refractivity contribution is 5.69. The van der Waals surface area contributed by atoms with Gasteiger partial charge in [0.25, 0.3) is 0 Å². The van der Waals surface area contributed by atoms with E-state index in [2.05, 4.69) is 34.6 Å². The fourth-order valence-corrected chi connectivity index (χ4v) is 5.57. The molecule has 1 aromatic rings. The van der Waals surface area contributed by atoms with Crippen LogP contribution in [0.15, 0.2) is 24.3 Å². The number of carbonyl (C=O) groups excluding carboxylic acids is 1. The summed E-state index contributed by atoms with van der Waals surface area (Å²) in [6.45, 7) is 13.5. The SMILES string of the molecule is CC(=O)Oc1ccc(C(CN)CC(C)(C)C)cc1.CC1CC2CC(C)CC(C1)C2. The van der Waals surface area contributed by atoms with E-state index in [1.54, 1.807) is 6.42 Å². The normalized spacial score (nSPS) is 27.4. The second kappa shape index (κ2) is 10.6. The lowest BCUT2D eigenvalue weighted by atomic mass is 9.65. The van der Waals surface area contributed by atoms with Crippen molar-refractivity contribution in [2.24, 2.45) is 34.8 Å². The third kappa shape index (κ3) is 8.50. The zero-order valence-corrected chi connectivity index (χ0v) is 19.5. The molecule has 3 rings (SSSR count). The van der Waals surface area contributed by atoms with Gasteiger partial charge in [-0.1, -0.05) is 46.8 Å². The summed E-state index contributed by atoms with van der Waals surface area (Å²) >= 11 is 0. The summed E-state index contributed by atoms with van der Waals surface area (Å²) < 4.78 is 5.01. The molecule has 2 aliphatic carbocycles. The number of fused-ring (bicyclic) bond motifs is 2. The molecule has 0 aromatic heterocycles. The molecule has 2 N–H and O–H groups in total. The molecule has 0 heterocycles. The number of benzene rings is 1. The Morgan fingerprint density at radius 2 is 1.48 bits per heavy atom. The lowest BCUT2D eigenvalue weighted by molar-refractivity contribution is -0.131. The molecule has 2 saturated carbocycles. The van der Waals surface area contributed by atoms with Gasteiger partial charge in [-0.3, -0.25) is 4.79 Å². The van der Waals surface area contributed by atoms with Gasteiger partial charge < -0.3 is 10.5 Å². The van der Waals surface area contributed by atoms with Gasteiger partial charge in [0.05, 0.1) is 0 Å². The van der Waals surface area contributed by atoms with Crippen LogP contribution in [0.2, 0.25) is 0 Å². The van der Waals surface area contributed by atoms with E-state index >= 15 is 0 Å². The van der Waals surface area contributed by atoms with Gasteiger partial charge in [-0.15, -0.1) is 0 Å². The Labute approximate surface area is 178 Å². The molecule has 1 unspecified atom stereocenters. The van der Waals surface area contributed by atoms with E-state index in [4.69, 9.17) is 10.5 Å². The van der Waals surface area contributed by atoms with E-state index in [0.29, 0.717) is 18.2 Å². The van der Waals surface area contributed by atoms with Crippen LogP contribution in [-0.4, -0.2) is 12.5 Å². The molecule has 0 radical (unpaired) electrons. The van der Waals surface area contributed by atoms with Crippen LogP contribution in [0.5, 0.6) is 5.75 Å². The lowest BCUT2D eigenvalue weighted by Gasteiger charge is -2.40. The largest absolute Gasteiger partial charge is 0.427 e. The molecule has 0 spiro atoms. The van der Waals surface area contributed by atoms with Crippen molar-refractivity contribution >= 4 is 5.97 Å². The first kappa shape index (κ1) is 23.9. The van der Waals surface area contributed by atoms with E-state index in [9.17, 15) is 4.79 Å². The van der Waals surface area contributed by atoms with Crippen LogP contribution in [0.4, 0.5) is 0 Å². The number of rotatable bonds is 4. The zero-order valence-electron chi connectivity index (χ0n) is 19.5. The minimum absolute atomic E-state index is 0.249. The van der Waals surface area contributed by atoms with E-state index < -0.39 is 0 Å². The van der Waals surface area contributed by atoms with Crippen molar-refractivity contribution < 1.29 is 9.53 Å². The maximum atomic E-state index is 10.8. The topological polar surface area (TPSA) is 52.3 Å². The average Bonchev–Trinajstić information content (AvgIpc) is 2.58. The molecule has 164 valence electrons. The second-order valence-corrected chi connectivity index (χ2v) is 11.0. The first-order chi connectivity index (χ1) is 13.6. The third-order valence-corrected chi connectivity index (χ3v) is 6.37. The Morgan fingerprint density at radius 3 is 1.86 bits per heavy atom. The van der Waals surface area contributed by atoms with Gasteiger partial charge in [0.2, 0.25) is 0 Å². The Hall–Kier alpha value is -1.35. The minimum Gasteiger partial charge on any atom is -0.427 e. The molecule has 0 amide bonds. The quantitative estimate of drug-likeness (QED) is 0.459. The van der Waals surface area contributed by atoms with Crippen LogP contribution in [0, 0.1) is 29.1 Å². The van der Waals surface area contributed by atoms with E-state index in [1.807, 2.05) is 24.3 Å². The monoisotopic (exact) mass is 401 g/mol. The molecule has 2 bridgehead atoms. The molecule has 3 heteroatoms. The van der Waals surface area contributed by atoms with E-state index in [-0.39, 0.29) is 11.4 Å². The van der Waals surface area contributed by atoms with Crippen molar-refractivity contribution in [3.05, 3.63) is 29.8 Å². The fraction of sp³-hybridized carbons (Fsp3) is 0.731. The first-order valence-corrected chi connectivity index (χ1v) is 11.5. The van der Waals surface area contributed by atoms with Gasteiger partial charge in [0, 0.05) is 6.92 Å². The molecule has 1 aromatic carbocycles. The van der Waals surface area contributed by atoms with E-state index in [1.165, 1.54) is 38.2 Å². The third-order valence-electron chi connectivity index (χ3n) is 6.37. The Morgan fingerprint density at radius 1 is 1.00 bits per heavy atom. The van der Waals surface area contributed by atoms with Gasteiger partial charge in [-0.2, -0.15) is 0 Å². The van der Waals surface area contributed by atoms with Crippen LogP contribution in [0.3, 0.4) is 0 Å². The molecule has 2 aliphatic rings.